The molecule has 0 fully saturated rings. The first-order chi connectivity index (χ1) is 9.15. The Balaban J connectivity index is 2.20. The maximum Gasteiger partial charge on any atom is 0.223 e. The Hall–Kier alpha value is -1.51. The third-order valence-corrected chi connectivity index (χ3v) is 3.33. The maximum absolute atomic E-state index is 11.6. The number of nitrogens with one attached hydrogen (secondary N) is 1. The largest absolute Gasteiger partial charge is 0.493 e. The van der Waals surface area contributed by atoms with E-state index < -0.39 is 0 Å². The minimum atomic E-state index is 0.0690. The molecule has 0 unspecified atom stereocenters. The first kappa shape index (κ1) is 15.5. The normalized spacial score (nSPS) is 10.5. The van der Waals surface area contributed by atoms with Gasteiger partial charge in [0.2, 0.25) is 5.91 Å². The highest BCUT2D eigenvalue weighted by molar-refractivity contribution is 5.75. The van der Waals surface area contributed by atoms with Crippen LogP contribution in [0.4, 0.5) is 0 Å². The lowest BCUT2D eigenvalue weighted by Gasteiger charge is -2.13. The van der Waals surface area contributed by atoms with Crippen molar-refractivity contribution in [2.75, 3.05) is 13.2 Å². The van der Waals surface area contributed by atoms with E-state index in [0.717, 1.165) is 30.7 Å². The molecule has 19 heavy (non-hydrogen) atoms. The molecule has 3 nitrogen and oxygen atoms in total. The van der Waals surface area contributed by atoms with Crippen LogP contribution in [-0.2, 0) is 4.79 Å². The van der Waals surface area contributed by atoms with Crippen LogP contribution in [0.5, 0.6) is 5.75 Å². The molecular weight excluding hydrogens is 238 g/mol. The molecule has 0 bridgehead atoms. The molecule has 1 amide bonds. The molecule has 0 radical (unpaired) electrons. The molecule has 0 heterocycles. The second-order valence-electron chi connectivity index (χ2n) is 4.90. The smallest absolute Gasteiger partial charge is 0.223 e. The highest BCUT2D eigenvalue weighted by atomic mass is 16.5. The van der Waals surface area contributed by atoms with Gasteiger partial charge in [0.15, 0.2) is 0 Å². The van der Waals surface area contributed by atoms with Gasteiger partial charge in [0.05, 0.1) is 13.0 Å². The summed E-state index contributed by atoms with van der Waals surface area (Å²) in [5.74, 6) is 1.48. The van der Waals surface area contributed by atoms with Crippen molar-refractivity contribution in [2.24, 2.45) is 5.92 Å². The monoisotopic (exact) mass is 263 g/mol. The number of aryl methyl sites for hydroxylation is 1. The fraction of sp³-hybridized carbons (Fsp3) is 0.562. The zero-order chi connectivity index (χ0) is 14.1. The van der Waals surface area contributed by atoms with Gasteiger partial charge in [-0.25, -0.2) is 0 Å². The zero-order valence-corrected chi connectivity index (χ0v) is 12.2. The molecule has 106 valence electrons. The fourth-order valence-corrected chi connectivity index (χ4v) is 1.89. The SMILES string of the molecule is CCC(CC)CNC(=O)CCOc1cccc(C)c1. The number of carbonyl (C=O) groups is 1. The fourth-order valence-electron chi connectivity index (χ4n) is 1.89. The Morgan fingerprint density at radius 3 is 2.68 bits per heavy atom. The summed E-state index contributed by atoms with van der Waals surface area (Å²) < 4.78 is 5.56. The number of hydrogen-bond acceptors (Lipinski definition) is 2. The van der Waals surface area contributed by atoms with Gasteiger partial charge in [0, 0.05) is 6.54 Å². The van der Waals surface area contributed by atoms with E-state index in [1.807, 2.05) is 31.2 Å². The molecule has 0 atom stereocenters. The summed E-state index contributed by atoms with van der Waals surface area (Å²) in [5.41, 5.74) is 1.16. The summed E-state index contributed by atoms with van der Waals surface area (Å²) in [4.78, 5) is 11.6. The van der Waals surface area contributed by atoms with Crippen LogP contribution in [0.15, 0.2) is 24.3 Å². The standard InChI is InChI=1S/C16H25NO2/c1-4-14(5-2)12-17-16(18)9-10-19-15-8-6-7-13(3)11-15/h6-8,11,14H,4-5,9-10,12H2,1-3H3,(H,17,18). The zero-order valence-electron chi connectivity index (χ0n) is 12.2. The molecule has 1 rings (SSSR count). The van der Waals surface area contributed by atoms with Gasteiger partial charge in [-0.15, -0.1) is 0 Å². The molecule has 0 aliphatic heterocycles. The average molecular weight is 263 g/mol. The van der Waals surface area contributed by atoms with Gasteiger partial charge in [-0.3, -0.25) is 4.79 Å². The predicted molar refractivity (Wildman–Crippen MR) is 78.4 cm³/mol. The van der Waals surface area contributed by atoms with E-state index in [9.17, 15) is 4.79 Å². The van der Waals surface area contributed by atoms with Crippen LogP contribution in [0.1, 0.15) is 38.7 Å². The van der Waals surface area contributed by atoms with Crippen molar-refractivity contribution in [3.63, 3.8) is 0 Å². The van der Waals surface area contributed by atoms with Gasteiger partial charge >= 0.3 is 0 Å². The van der Waals surface area contributed by atoms with E-state index in [4.69, 9.17) is 4.74 Å². The van der Waals surface area contributed by atoms with Crippen molar-refractivity contribution < 1.29 is 9.53 Å². The van der Waals surface area contributed by atoms with Crippen molar-refractivity contribution in [3.05, 3.63) is 29.8 Å². The Bertz CT molecular complexity index is 386. The summed E-state index contributed by atoms with van der Waals surface area (Å²) in [6, 6.07) is 7.87. The lowest BCUT2D eigenvalue weighted by atomic mass is 10.0. The van der Waals surface area contributed by atoms with Crippen LogP contribution >= 0.6 is 0 Å². The maximum atomic E-state index is 11.6. The number of hydrogen-bond donors (Lipinski definition) is 1. The molecular formula is C16H25NO2. The van der Waals surface area contributed by atoms with E-state index in [2.05, 4.69) is 19.2 Å². The number of benzene rings is 1. The van der Waals surface area contributed by atoms with Crippen LogP contribution in [-0.4, -0.2) is 19.1 Å². The molecule has 0 aliphatic rings. The molecule has 3 heteroatoms. The summed E-state index contributed by atoms with van der Waals surface area (Å²) in [7, 11) is 0. The molecule has 1 aromatic carbocycles. The van der Waals surface area contributed by atoms with Crippen LogP contribution in [0.2, 0.25) is 0 Å². The molecule has 0 aliphatic carbocycles. The molecule has 0 aromatic heterocycles. The van der Waals surface area contributed by atoms with Crippen molar-refractivity contribution in [1.29, 1.82) is 0 Å². The Labute approximate surface area is 116 Å². The minimum Gasteiger partial charge on any atom is -0.493 e. The predicted octanol–water partition coefficient (Wildman–Crippen LogP) is 3.32. The van der Waals surface area contributed by atoms with Crippen LogP contribution in [0.3, 0.4) is 0 Å². The van der Waals surface area contributed by atoms with Gasteiger partial charge in [-0.05, 0) is 30.5 Å². The number of rotatable bonds is 8. The molecule has 0 saturated heterocycles. The topological polar surface area (TPSA) is 38.3 Å². The van der Waals surface area contributed by atoms with E-state index in [1.54, 1.807) is 0 Å². The molecule has 0 spiro atoms. The molecule has 0 saturated carbocycles. The number of carbonyl (C=O) groups excluding carboxylic acids is 1. The Kier molecular flexibility index (Phi) is 7.01. The highest BCUT2D eigenvalue weighted by Gasteiger charge is 2.06. The number of amides is 1. The first-order valence-corrected chi connectivity index (χ1v) is 7.11. The summed E-state index contributed by atoms with van der Waals surface area (Å²) in [5, 5.41) is 2.96. The quantitative estimate of drug-likeness (QED) is 0.781. The van der Waals surface area contributed by atoms with Gasteiger partial charge in [-0.2, -0.15) is 0 Å². The Morgan fingerprint density at radius 2 is 2.05 bits per heavy atom. The van der Waals surface area contributed by atoms with Crippen molar-refractivity contribution in [3.8, 4) is 5.75 Å². The van der Waals surface area contributed by atoms with Gasteiger partial charge in [0.1, 0.15) is 5.75 Å². The minimum absolute atomic E-state index is 0.0690. The second kappa shape index (κ2) is 8.57. The van der Waals surface area contributed by atoms with E-state index in [1.165, 1.54) is 0 Å². The van der Waals surface area contributed by atoms with Crippen molar-refractivity contribution in [1.82, 2.24) is 5.32 Å². The van der Waals surface area contributed by atoms with Crippen LogP contribution < -0.4 is 10.1 Å². The van der Waals surface area contributed by atoms with Crippen LogP contribution in [0.25, 0.3) is 0 Å². The lowest BCUT2D eigenvalue weighted by Crippen LogP contribution is -2.29. The highest BCUT2D eigenvalue weighted by Crippen LogP contribution is 2.12. The average Bonchev–Trinajstić information content (AvgIpc) is 2.40. The van der Waals surface area contributed by atoms with Gasteiger partial charge in [0.25, 0.3) is 0 Å². The lowest BCUT2D eigenvalue weighted by molar-refractivity contribution is -0.121. The summed E-state index contributed by atoms with van der Waals surface area (Å²) in [6.07, 6.45) is 2.63. The summed E-state index contributed by atoms with van der Waals surface area (Å²) >= 11 is 0. The van der Waals surface area contributed by atoms with Gasteiger partial charge < -0.3 is 10.1 Å². The third kappa shape index (κ3) is 6.27. The van der Waals surface area contributed by atoms with E-state index >= 15 is 0 Å². The van der Waals surface area contributed by atoms with E-state index in [-0.39, 0.29) is 5.91 Å². The second-order valence-corrected chi connectivity index (χ2v) is 4.90. The Morgan fingerprint density at radius 1 is 1.32 bits per heavy atom. The van der Waals surface area contributed by atoms with Crippen molar-refractivity contribution >= 4 is 5.91 Å². The van der Waals surface area contributed by atoms with Gasteiger partial charge in [-0.1, -0.05) is 38.8 Å². The molecule has 1 N–H and O–H groups in total. The van der Waals surface area contributed by atoms with Crippen LogP contribution in [0, 0.1) is 12.8 Å². The summed E-state index contributed by atoms with van der Waals surface area (Å²) in [6.45, 7) is 7.53. The molecule has 1 aromatic rings. The third-order valence-electron chi connectivity index (χ3n) is 3.33. The number of ether oxygens (including phenoxy) is 1. The van der Waals surface area contributed by atoms with E-state index in [0.29, 0.717) is 18.9 Å². The first-order valence-electron chi connectivity index (χ1n) is 7.11. The van der Waals surface area contributed by atoms with Crippen molar-refractivity contribution in [2.45, 2.75) is 40.0 Å².